The minimum absolute atomic E-state index is 0.133. The number of non-ortho nitro benzene ring substituents is 1. The summed E-state index contributed by atoms with van der Waals surface area (Å²) >= 11 is 5.75. The Balaban J connectivity index is 2.30. The number of nitro groups is 1. The largest absolute Gasteiger partial charge is 0.322 e. The van der Waals surface area contributed by atoms with E-state index >= 15 is 0 Å². The van der Waals surface area contributed by atoms with Crippen molar-refractivity contribution in [1.82, 2.24) is 0 Å². The van der Waals surface area contributed by atoms with Crippen LogP contribution in [0, 0.1) is 15.9 Å². The van der Waals surface area contributed by atoms with Crippen LogP contribution in [-0.2, 0) is 5.88 Å². The van der Waals surface area contributed by atoms with Crippen molar-refractivity contribution in [2.45, 2.75) is 5.88 Å². The Bertz CT molecular complexity index is 706. The third-order valence-electron chi connectivity index (χ3n) is 2.77. The fraction of sp³-hybridized carbons (Fsp3) is 0.0714. The van der Waals surface area contributed by atoms with Gasteiger partial charge in [0.25, 0.3) is 11.6 Å². The standard InChI is InChI=1S/C14H10ClFN2O3/c15-8-9-3-1-2-4-13(9)17-14(19)10-5-11(16)7-12(6-10)18(20)21/h1-7H,8H2,(H,17,19). The number of carbonyl (C=O) groups excluding carboxylic acids is 1. The van der Waals surface area contributed by atoms with E-state index in [1.54, 1.807) is 24.3 Å². The summed E-state index contributed by atoms with van der Waals surface area (Å²) < 4.78 is 13.3. The van der Waals surface area contributed by atoms with E-state index in [1.165, 1.54) is 0 Å². The third-order valence-corrected chi connectivity index (χ3v) is 3.05. The first-order valence-electron chi connectivity index (χ1n) is 5.91. The van der Waals surface area contributed by atoms with Gasteiger partial charge >= 0.3 is 0 Å². The highest BCUT2D eigenvalue weighted by molar-refractivity contribution is 6.17. The molecule has 0 fully saturated rings. The molecule has 0 aromatic heterocycles. The summed E-state index contributed by atoms with van der Waals surface area (Å²) in [6.45, 7) is 0. The van der Waals surface area contributed by atoms with Gasteiger partial charge in [-0.05, 0) is 17.7 Å². The molecule has 0 aliphatic carbocycles. The number of carbonyl (C=O) groups is 1. The van der Waals surface area contributed by atoms with Gasteiger partial charge in [-0.25, -0.2) is 4.39 Å². The van der Waals surface area contributed by atoms with Crippen LogP contribution < -0.4 is 5.32 Å². The summed E-state index contributed by atoms with van der Waals surface area (Å²) in [5.41, 5.74) is 0.555. The molecule has 0 unspecified atom stereocenters. The van der Waals surface area contributed by atoms with E-state index in [4.69, 9.17) is 11.6 Å². The average Bonchev–Trinajstić information content (AvgIpc) is 2.47. The molecule has 2 aromatic carbocycles. The Morgan fingerprint density at radius 3 is 2.67 bits per heavy atom. The molecule has 1 N–H and O–H groups in total. The van der Waals surface area contributed by atoms with Gasteiger partial charge < -0.3 is 5.32 Å². The summed E-state index contributed by atoms with van der Waals surface area (Å²) in [5.74, 6) is -1.30. The molecule has 7 heteroatoms. The lowest BCUT2D eigenvalue weighted by atomic mass is 10.1. The maximum atomic E-state index is 13.3. The lowest BCUT2D eigenvalue weighted by molar-refractivity contribution is -0.385. The van der Waals surface area contributed by atoms with Crippen molar-refractivity contribution >= 4 is 28.9 Å². The van der Waals surface area contributed by atoms with Crippen LogP contribution in [0.1, 0.15) is 15.9 Å². The van der Waals surface area contributed by atoms with Crippen LogP contribution in [0.4, 0.5) is 15.8 Å². The molecule has 0 aliphatic rings. The molecular weight excluding hydrogens is 299 g/mol. The number of nitrogens with zero attached hydrogens (tertiary/aromatic N) is 1. The lowest BCUT2D eigenvalue weighted by Crippen LogP contribution is -2.13. The minimum Gasteiger partial charge on any atom is -0.322 e. The second-order valence-corrected chi connectivity index (χ2v) is 4.47. The van der Waals surface area contributed by atoms with Gasteiger partial charge in [0, 0.05) is 23.2 Å². The van der Waals surface area contributed by atoms with Gasteiger partial charge in [0.05, 0.1) is 11.0 Å². The van der Waals surface area contributed by atoms with E-state index in [1.807, 2.05) is 0 Å². The molecule has 21 heavy (non-hydrogen) atoms. The quantitative estimate of drug-likeness (QED) is 0.531. The van der Waals surface area contributed by atoms with E-state index < -0.39 is 22.3 Å². The molecule has 1 amide bonds. The molecule has 108 valence electrons. The fourth-order valence-corrected chi connectivity index (χ4v) is 2.00. The van der Waals surface area contributed by atoms with Gasteiger partial charge in [-0.3, -0.25) is 14.9 Å². The molecule has 5 nitrogen and oxygen atoms in total. The number of halogens is 2. The molecular formula is C14H10ClFN2O3. The van der Waals surface area contributed by atoms with Gasteiger partial charge in [0.2, 0.25) is 0 Å². The number of para-hydroxylation sites is 1. The molecule has 0 bridgehead atoms. The van der Waals surface area contributed by atoms with Crippen molar-refractivity contribution in [3.05, 3.63) is 69.5 Å². The zero-order chi connectivity index (χ0) is 15.4. The molecule has 0 saturated heterocycles. The first-order valence-corrected chi connectivity index (χ1v) is 6.45. The van der Waals surface area contributed by atoms with E-state index in [0.29, 0.717) is 11.3 Å². The van der Waals surface area contributed by atoms with Gasteiger partial charge in [0.15, 0.2) is 0 Å². The molecule has 0 heterocycles. The molecule has 0 atom stereocenters. The summed E-state index contributed by atoms with van der Waals surface area (Å²) in [4.78, 5) is 22.0. The molecule has 0 spiro atoms. The number of hydrogen-bond donors (Lipinski definition) is 1. The molecule has 2 aromatic rings. The predicted molar refractivity (Wildman–Crippen MR) is 77.0 cm³/mol. The topological polar surface area (TPSA) is 72.2 Å². The summed E-state index contributed by atoms with van der Waals surface area (Å²) in [5, 5.41) is 13.2. The fourth-order valence-electron chi connectivity index (χ4n) is 1.76. The second kappa shape index (κ2) is 6.32. The first-order chi connectivity index (χ1) is 10.0. The number of nitrogens with one attached hydrogen (secondary N) is 1. The summed E-state index contributed by atoms with van der Waals surface area (Å²) in [6, 6.07) is 9.55. The summed E-state index contributed by atoms with van der Waals surface area (Å²) in [6.07, 6.45) is 0. The normalized spacial score (nSPS) is 10.2. The Hall–Kier alpha value is -2.47. The van der Waals surface area contributed by atoms with Crippen molar-refractivity contribution in [3.8, 4) is 0 Å². The maximum absolute atomic E-state index is 13.3. The van der Waals surface area contributed by atoms with Crippen LogP contribution in [0.3, 0.4) is 0 Å². The van der Waals surface area contributed by atoms with Crippen LogP contribution in [0.25, 0.3) is 0 Å². The lowest BCUT2D eigenvalue weighted by Gasteiger charge is -2.09. The van der Waals surface area contributed by atoms with E-state index in [2.05, 4.69) is 5.32 Å². The Labute approximate surface area is 124 Å². The highest BCUT2D eigenvalue weighted by Gasteiger charge is 2.15. The van der Waals surface area contributed by atoms with Crippen LogP contribution in [-0.4, -0.2) is 10.8 Å². The van der Waals surface area contributed by atoms with Crippen LogP contribution in [0.5, 0.6) is 0 Å². The Morgan fingerprint density at radius 1 is 1.29 bits per heavy atom. The minimum atomic E-state index is -0.847. The zero-order valence-electron chi connectivity index (χ0n) is 10.7. The number of anilines is 1. The smallest absolute Gasteiger partial charge is 0.273 e. The predicted octanol–water partition coefficient (Wildman–Crippen LogP) is 3.73. The van der Waals surface area contributed by atoms with Crippen molar-refractivity contribution in [3.63, 3.8) is 0 Å². The molecule has 0 saturated carbocycles. The molecule has 0 aliphatic heterocycles. The number of benzene rings is 2. The molecule has 2 rings (SSSR count). The van der Waals surface area contributed by atoms with Crippen molar-refractivity contribution in [2.75, 3.05) is 5.32 Å². The molecule has 0 radical (unpaired) electrons. The monoisotopic (exact) mass is 308 g/mol. The number of rotatable bonds is 4. The van der Waals surface area contributed by atoms with Crippen LogP contribution >= 0.6 is 11.6 Å². The van der Waals surface area contributed by atoms with Crippen molar-refractivity contribution in [2.24, 2.45) is 0 Å². The van der Waals surface area contributed by atoms with Crippen LogP contribution in [0.2, 0.25) is 0 Å². The number of nitro benzene ring substituents is 1. The maximum Gasteiger partial charge on any atom is 0.273 e. The SMILES string of the molecule is O=C(Nc1ccccc1CCl)c1cc(F)cc([N+](=O)[O-])c1. The highest BCUT2D eigenvalue weighted by atomic mass is 35.5. The van der Waals surface area contributed by atoms with Gasteiger partial charge in [-0.1, -0.05) is 18.2 Å². The van der Waals surface area contributed by atoms with Crippen LogP contribution in [0.15, 0.2) is 42.5 Å². The Morgan fingerprint density at radius 2 is 2.00 bits per heavy atom. The average molecular weight is 309 g/mol. The Kier molecular flexibility index (Phi) is 4.49. The van der Waals surface area contributed by atoms with E-state index in [0.717, 1.165) is 18.2 Å². The van der Waals surface area contributed by atoms with Crippen molar-refractivity contribution in [1.29, 1.82) is 0 Å². The number of alkyl halides is 1. The van der Waals surface area contributed by atoms with Gasteiger partial charge in [-0.15, -0.1) is 11.6 Å². The van der Waals surface area contributed by atoms with Gasteiger partial charge in [0.1, 0.15) is 5.82 Å². The van der Waals surface area contributed by atoms with E-state index in [9.17, 15) is 19.3 Å². The first kappa shape index (κ1) is 14.9. The summed E-state index contributed by atoms with van der Waals surface area (Å²) in [7, 11) is 0. The van der Waals surface area contributed by atoms with E-state index in [-0.39, 0.29) is 11.4 Å². The van der Waals surface area contributed by atoms with Gasteiger partial charge in [-0.2, -0.15) is 0 Å². The number of hydrogen-bond acceptors (Lipinski definition) is 3. The zero-order valence-corrected chi connectivity index (χ0v) is 11.4. The third kappa shape index (κ3) is 3.55. The number of amides is 1. The van der Waals surface area contributed by atoms with Crippen molar-refractivity contribution < 1.29 is 14.1 Å². The second-order valence-electron chi connectivity index (χ2n) is 4.20. The highest BCUT2D eigenvalue weighted by Crippen LogP contribution is 2.20.